The second-order valence-electron chi connectivity index (χ2n) is 3.90. The van der Waals surface area contributed by atoms with Gasteiger partial charge in [-0.05, 0) is 5.92 Å². The van der Waals surface area contributed by atoms with Crippen molar-refractivity contribution in [3.63, 3.8) is 0 Å². The SMILES string of the molecule is CC(=O)Oc1nc(N)nc(OCC(C)C)c1N. The number of aromatic nitrogens is 2. The first kappa shape index (κ1) is 13.0. The van der Waals surface area contributed by atoms with Crippen molar-refractivity contribution in [2.75, 3.05) is 18.1 Å². The largest absolute Gasteiger partial charge is 0.476 e. The molecular weight excluding hydrogens is 224 g/mol. The zero-order valence-electron chi connectivity index (χ0n) is 10.1. The van der Waals surface area contributed by atoms with Gasteiger partial charge in [-0.3, -0.25) is 4.79 Å². The van der Waals surface area contributed by atoms with E-state index in [1.165, 1.54) is 6.92 Å². The van der Waals surface area contributed by atoms with E-state index >= 15 is 0 Å². The lowest BCUT2D eigenvalue weighted by molar-refractivity contribution is -0.132. The number of hydrogen-bond acceptors (Lipinski definition) is 7. The molecule has 7 nitrogen and oxygen atoms in total. The van der Waals surface area contributed by atoms with Crippen LogP contribution in [0.2, 0.25) is 0 Å². The van der Waals surface area contributed by atoms with Crippen LogP contribution in [0.15, 0.2) is 0 Å². The van der Waals surface area contributed by atoms with E-state index in [1.54, 1.807) is 0 Å². The zero-order valence-corrected chi connectivity index (χ0v) is 10.1. The number of nitrogen functional groups attached to an aromatic ring is 2. The average Bonchev–Trinajstić information content (AvgIpc) is 2.19. The van der Waals surface area contributed by atoms with Crippen molar-refractivity contribution >= 4 is 17.6 Å². The number of carbonyl (C=O) groups is 1. The molecule has 0 aliphatic rings. The number of nitrogens with two attached hydrogens (primary N) is 2. The Balaban J connectivity index is 2.97. The molecule has 0 radical (unpaired) electrons. The Morgan fingerprint density at radius 2 is 1.88 bits per heavy atom. The van der Waals surface area contributed by atoms with Gasteiger partial charge in [0.2, 0.25) is 11.8 Å². The summed E-state index contributed by atoms with van der Waals surface area (Å²) in [5.74, 6) is -0.243. The highest BCUT2D eigenvalue weighted by atomic mass is 16.5. The number of esters is 1. The molecular formula is C10H16N4O3. The fourth-order valence-corrected chi connectivity index (χ4v) is 1.01. The minimum Gasteiger partial charge on any atom is -0.476 e. The molecule has 0 amide bonds. The fraction of sp³-hybridized carbons (Fsp3) is 0.500. The number of carbonyl (C=O) groups excluding carboxylic acids is 1. The van der Waals surface area contributed by atoms with E-state index in [4.69, 9.17) is 20.9 Å². The second kappa shape index (κ2) is 5.33. The quantitative estimate of drug-likeness (QED) is 0.741. The molecule has 0 aliphatic carbocycles. The summed E-state index contributed by atoms with van der Waals surface area (Å²) in [7, 11) is 0. The lowest BCUT2D eigenvalue weighted by atomic mass is 10.2. The third kappa shape index (κ3) is 3.78. The number of rotatable bonds is 4. The van der Waals surface area contributed by atoms with Gasteiger partial charge in [0.25, 0.3) is 5.88 Å². The highest BCUT2D eigenvalue weighted by molar-refractivity contribution is 5.72. The first-order chi connectivity index (χ1) is 7.90. The van der Waals surface area contributed by atoms with Crippen LogP contribution in [0.3, 0.4) is 0 Å². The van der Waals surface area contributed by atoms with E-state index in [1.807, 2.05) is 13.8 Å². The maximum atomic E-state index is 10.8. The standard InChI is InChI=1S/C10H16N4O3/c1-5(2)4-16-8-7(11)9(17-6(3)15)14-10(12)13-8/h5H,4,11H2,1-3H3,(H2,12,13,14). The Labute approximate surface area is 99.1 Å². The van der Waals surface area contributed by atoms with E-state index in [0.717, 1.165) is 0 Å². The molecule has 1 rings (SSSR count). The molecule has 0 saturated carbocycles. The Morgan fingerprint density at radius 3 is 2.41 bits per heavy atom. The third-order valence-corrected chi connectivity index (χ3v) is 1.69. The molecule has 0 bridgehead atoms. The first-order valence-corrected chi connectivity index (χ1v) is 5.14. The van der Waals surface area contributed by atoms with Crippen molar-refractivity contribution in [3.05, 3.63) is 0 Å². The maximum absolute atomic E-state index is 10.8. The molecule has 0 aliphatic heterocycles. The monoisotopic (exact) mass is 240 g/mol. The summed E-state index contributed by atoms with van der Waals surface area (Å²) in [4.78, 5) is 18.4. The van der Waals surface area contributed by atoms with Crippen LogP contribution in [-0.2, 0) is 4.79 Å². The highest BCUT2D eigenvalue weighted by Crippen LogP contribution is 2.29. The van der Waals surface area contributed by atoms with Crippen LogP contribution in [0.5, 0.6) is 11.8 Å². The molecule has 4 N–H and O–H groups in total. The number of nitrogens with zero attached hydrogens (tertiary/aromatic N) is 2. The predicted molar refractivity (Wildman–Crippen MR) is 62.5 cm³/mol. The highest BCUT2D eigenvalue weighted by Gasteiger charge is 2.15. The van der Waals surface area contributed by atoms with Crippen molar-refractivity contribution in [2.45, 2.75) is 20.8 Å². The molecule has 7 heteroatoms. The Hall–Kier alpha value is -2.05. The van der Waals surface area contributed by atoms with E-state index < -0.39 is 5.97 Å². The topological polar surface area (TPSA) is 113 Å². The minimum absolute atomic E-state index is 0.0609. The number of hydrogen-bond donors (Lipinski definition) is 2. The van der Waals surface area contributed by atoms with Crippen molar-refractivity contribution in [3.8, 4) is 11.8 Å². The van der Waals surface area contributed by atoms with Crippen LogP contribution in [0, 0.1) is 5.92 Å². The van der Waals surface area contributed by atoms with E-state index in [-0.39, 0.29) is 23.4 Å². The van der Waals surface area contributed by atoms with Gasteiger partial charge in [0.1, 0.15) is 0 Å². The summed E-state index contributed by atoms with van der Waals surface area (Å²) in [6.45, 7) is 5.63. The lowest BCUT2D eigenvalue weighted by Crippen LogP contribution is -2.12. The summed E-state index contributed by atoms with van der Waals surface area (Å²) in [6, 6.07) is 0. The summed E-state index contributed by atoms with van der Waals surface area (Å²) in [6.07, 6.45) is 0. The molecule has 1 aromatic heterocycles. The van der Waals surface area contributed by atoms with Crippen LogP contribution in [-0.4, -0.2) is 22.5 Å². The van der Waals surface area contributed by atoms with Crippen molar-refractivity contribution in [2.24, 2.45) is 5.92 Å². The molecule has 0 unspecified atom stereocenters. The van der Waals surface area contributed by atoms with Crippen molar-refractivity contribution < 1.29 is 14.3 Å². The smallest absolute Gasteiger partial charge is 0.309 e. The van der Waals surface area contributed by atoms with E-state index in [0.29, 0.717) is 12.5 Å². The fourth-order valence-electron chi connectivity index (χ4n) is 1.01. The normalized spacial score (nSPS) is 10.4. The summed E-state index contributed by atoms with van der Waals surface area (Å²) in [5, 5.41) is 0. The molecule has 17 heavy (non-hydrogen) atoms. The molecule has 0 aromatic carbocycles. The van der Waals surface area contributed by atoms with Gasteiger partial charge >= 0.3 is 5.97 Å². The van der Waals surface area contributed by atoms with Gasteiger partial charge < -0.3 is 20.9 Å². The molecule has 0 spiro atoms. The molecule has 0 fully saturated rings. The predicted octanol–water partition coefficient (Wildman–Crippen LogP) is 0.601. The van der Waals surface area contributed by atoms with E-state index in [2.05, 4.69) is 9.97 Å². The Kier molecular flexibility index (Phi) is 4.08. The van der Waals surface area contributed by atoms with Gasteiger partial charge in [-0.15, -0.1) is 0 Å². The van der Waals surface area contributed by atoms with Crippen LogP contribution in [0.1, 0.15) is 20.8 Å². The Morgan fingerprint density at radius 1 is 1.29 bits per heavy atom. The lowest BCUT2D eigenvalue weighted by Gasteiger charge is -2.12. The Bertz CT molecular complexity index is 420. The molecule has 1 heterocycles. The van der Waals surface area contributed by atoms with Crippen LogP contribution >= 0.6 is 0 Å². The average molecular weight is 240 g/mol. The van der Waals surface area contributed by atoms with Crippen LogP contribution < -0.4 is 20.9 Å². The second-order valence-corrected chi connectivity index (χ2v) is 3.90. The summed E-state index contributed by atoms with van der Waals surface area (Å²) >= 11 is 0. The first-order valence-electron chi connectivity index (χ1n) is 5.14. The molecule has 0 saturated heterocycles. The van der Waals surface area contributed by atoms with E-state index in [9.17, 15) is 4.79 Å². The zero-order chi connectivity index (χ0) is 13.0. The minimum atomic E-state index is -0.537. The number of anilines is 2. The van der Waals surface area contributed by atoms with Gasteiger partial charge in [-0.2, -0.15) is 9.97 Å². The van der Waals surface area contributed by atoms with Crippen molar-refractivity contribution in [1.29, 1.82) is 0 Å². The molecule has 0 atom stereocenters. The number of ether oxygens (including phenoxy) is 2. The maximum Gasteiger partial charge on any atom is 0.309 e. The van der Waals surface area contributed by atoms with Crippen LogP contribution in [0.4, 0.5) is 11.6 Å². The van der Waals surface area contributed by atoms with Gasteiger partial charge in [-0.25, -0.2) is 0 Å². The van der Waals surface area contributed by atoms with Gasteiger partial charge in [0.15, 0.2) is 5.69 Å². The van der Waals surface area contributed by atoms with Gasteiger partial charge in [-0.1, -0.05) is 13.8 Å². The summed E-state index contributed by atoms with van der Waals surface area (Å²) < 4.78 is 10.2. The molecule has 94 valence electrons. The molecule has 1 aromatic rings. The van der Waals surface area contributed by atoms with Crippen molar-refractivity contribution in [1.82, 2.24) is 9.97 Å². The summed E-state index contributed by atoms with van der Waals surface area (Å²) in [5.41, 5.74) is 11.2. The van der Waals surface area contributed by atoms with Gasteiger partial charge in [0, 0.05) is 6.92 Å². The van der Waals surface area contributed by atoms with Crippen LogP contribution in [0.25, 0.3) is 0 Å². The third-order valence-electron chi connectivity index (χ3n) is 1.69. The van der Waals surface area contributed by atoms with Gasteiger partial charge in [0.05, 0.1) is 6.61 Å².